The van der Waals surface area contributed by atoms with Crippen LogP contribution in [-0.2, 0) is 4.74 Å². The average Bonchev–Trinajstić information content (AvgIpc) is 2.38. The predicted octanol–water partition coefficient (Wildman–Crippen LogP) is 6.99. The molecule has 0 saturated heterocycles. The molecule has 0 heterocycles. The topological polar surface area (TPSA) is 9.23 Å². The van der Waals surface area contributed by atoms with Crippen molar-refractivity contribution in [1.82, 2.24) is 0 Å². The van der Waals surface area contributed by atoms with Crippen LogP contribution in [0, 0.1) is 10.8 Å². The van der Waals surface area contributed by atoms with Crippen LogP contribution in [0.1, 0.15) is 107 Å². The van der Waals surface area contributed by atoms with Crippen molar-refractivity contribution in [2.75, 3.05) is 0 Å². The second-order valence-corrected chi connectivity index (χ2v) is 8.40. The molecule has 2 unspecified atom stereocenters. The second kappa shape index (κ2) is 9.87. The summed E-state index contributed by atoms with van der Waals surface area (Å²) in [6.07, 6.45) is 10.6. The van der Waals surface area contributed by atoms with Gasteiger partial charge in [0.15, 0.2) is 0 Å². The van der Waals surface area contributed by atoms with Crippen molar-refractivity contribution in [3.63, 3.8) is 0 Å². The molecular weight excluding hydrogens is 256 g/mol. The zero-order chi connectivity index (χ0) is 16.5. The van der Waals surface area contributed by atoms with E-state index in [0.717, 1.165) is 0 Å². The highest BCUT2D eigenvalue weighted by Crippen LogP contribution is 2.33. The van der Waals surface area contributed by atoms with Gasteiger partial charge in [-0.1, -0.05) is 81.1 Å². The Morgan fingerprint density at radius 2 is 1.00 bits per heavy atom. The second-order valence-electron chi connectivity index (χ2n) is 8.40. The minimum absolute atomic E-state index is 0.400. The molecule has 0 aliphatic rings. The van der Waals surface area contributed by atoms with E-state index in [2.05, 4.69) is 55.4 Å². The lowest BCUT2D eigenvalue weighted by Crippen LogP contribution is -2.30. The first-order valence-corrected chi connectivity index (χ1v) is 9.35. The number of rotatable bonds is 12. The molecule has 1 heteroatoms. The van der Waals surface area contributed by atoms with Gasteiger partial charge in [0.25, 0.3) is 0 Å². The zero-order valence-electron chi connectivity index (χ0n) is 16.2. The quantitative estimate of drug-likeness (QED) is 0.377. The molecule has 0 aliphatic carbocycles. The highest BCUT2D eigenvalue weighted by molar-refractivity contribution is 4.77. The molecule has 0 aliphatic heterocycles. The maximum atomic E-state index is 6.61. The smallest absolute Gasteiger partial charge is 0.0583 e. The third-order valence-corrected chi connectivity index (χ3v) is 5.08. The van der Waals surface area contributed by atoms with Crippen LogP contribution in [0.3, 0.4) is 0 Å². The number of hydrogen-bond acceptors (Lipinski definition) is 1. The van der Waals surface area contributed by atoms with Crippen molar-refractivity contribution in [3.05, 3.63) is 0 Å². The van der Waals surface area contributed by atoms with Crippen molar-refractivity contribution < 1.29 is 4.74 Å². The van der Waals surface area contributed by atoms with Gasteiger partial charge in [-0.25, -0.2) is 0 Å². The lowest BCUT2D eigenvalue weighted by Gasteiger charge is -2.34. The maximum absolute atomic E-state index is 6.61. The van der Waals surface area contributed by atoms with Crippen molar-refractivity contribution in [2.45, 2.75) is 119 Å². The van der Waals surface area contributed by atoms with Gasteiger partial charge in [0, 0.05) is 0 Å². The summed E-state index contributed by atoms with van der Waals surface area (Å²) in [6, 6.07) is 0. The Kier molecular flexibility index (Phi) is 9.85. The van der Waals surface area contributed by atoms with Crippen LogP contribution in [-0.4, -0.2) is 12.2 Å². The summed E-state index contributed by atoms with van der Waals surface area (Å²) >= 11 is 0. The Balaban J connectivity index is 4.73. The largest absolute Gasteiger partial charge is 0.375 e. The van der Waals surface area contributed by atoms with Crippen LogP contribution in [0.4, 0.5) is 0 Å². The van der Waals surface area contributed by atoms with Crippen molar-refractivity contribution >= 4 is 0 Å². The Hall–Kier alpha value is -0.0400. The number of ether oxygens (including phenoxy) is 1. The van der Waals surface area contributed by atoms with Crippen molar-refractivity contribution in [2.24, 2.45) is 10.8 Å². The van der Waals surface area contributed by atoms with Gasteiger partial charge in [-0.15, -0.1) is 0 Å². The zero-order valence-corrected chi connectivity index (χ0v) is 16.2. The SMILES string of the molecule is CCCC(CC(C)(C)CC)OC(CCC)CC(C)(C)CC. The van der Waals surface area contributed by atoms with Crippen molar-refractivity contribution in [3.8, 4) is 0 Å². The van der Waals surface area contributed by atoms with E-state index in [1.807, 2.05) is 0 Å². The van der Waals surface area contributed by atoms with Crippen LogP contribution in [0.5, 0.6) is 0 Å². The highest BCUT2D eigenvalue weighted by Gasteiger charge is 2.27. The minimum Gasteiger partial charge on any atom is -0.375 e. The molecule has 0 aromatic carbocycles. The van der Waals surface area contributed by atoms with Gasteiger partial charge >= 0.3 is 0 Å². The average molecular weight is 299 g/mol. The van der Waals surface area contributed by atoms with E-state index >= 15 is 0 Å². The van der Waals surface area contributed by atoms with Gasteiger partial charge in [0.1, 0.15) is 0 Å². The van der Waals surface area contributed by atoms with Gasteiger partial charge < -0.3 is 4.74 Å². The normalized spacial score (nSPS) is 16.0. The van der Waals surface area contributed by atoms with Gasteiger partial charge in [0.05, 0.1) is 12.2 Å². The van der Waals surface area contributed by atoms with Crippen LogP contribution in [0.2, 0.25) is 0 Å². The molecular formula is C20H42O. The molecule has 21 heavy (non-hydrogen) atoms. The van der Waals surface area contributed by atoms with E-state index in [-0.39, 0.29) is 0 Å². The summed E-state index contributed by atoms with van der Waals surface area (Å²) in [7, 11) is 0. The molecule has 0 N–H and O–H groups in total. The molecule has 0 aromatic heterocycles. The monoisotopic (exact) mass is 298 g/mol. The molecule has 0 fully saturated rings. The van der Waals surface area contributed by atoms with E-state index in [1.165, 1.54) is 51.4 Å². The highest BCUT2D eigenvalue weighted by atomic mass is 16.5. The van der Waals surface area contributed by atoms with Crippen molar-refractivity contribution in [1.29, 1.82) is 0 Å². The molecule has 0 spiro atoms. The Morgan fingerprint density at radius 1 is 0.667 bits per heavy atom. The first-order chi connectivity index (χ1) is 9.69. The van der Waals surface area contributed by atoms with E-state index in [0.29, 0.717) is 23.0 Å². The lowest BCUT2D eigenvalue weighted by atomic mass is 9.82. The van der Waals surface area contributed by atoms with Gasteiger partial charge in [0.2, 0.25) is 0 Å². The molecule has 2 atom stereocenters. The molecule has 0 amide bonds. The summed E-state index contributed by atoms with van der Waals surface area (Å²) in [6.45, 7) is 18.7. The third-order valence-electron chi connectivity index (χ3n) is 5.08. The fraction of sp³-hybridized carbons (Fsp3) is 1.00. The fourth-order valence-electron chi connectivity index (χ4n) is 2.87. The Labute approximate surface area is 135 Å². The molecule has 1 nitrogen and oxygen atoms in total. The van der Waals surface area contributed by atoms with E-state index < -0.39 is 0 Å². The molecule has 0 aromatic rings. The van der Waals surface area contributed by atoms with Crippen LogP contribution in [0.25, 0.3) is 0 Å². The molecule has 128 valence electrons. The number of hydrogen-bond donors (Lipinski definition) is 0. The molecule has 0 saturated carbocycles. The summed E-state index contributed by atoms with van der Waals surface area (Å²) in [5, 5.41) is 0. The van der Waals surface area contributed by atoms with Crippen LogP contribution in [0.15, 0.2) is 0 Å². The summed E-state index contributed by atoms with van der Waals surface area (Å²) < 4.78 is 6.61. The van der Waals surface area contributed by atoms with Gasteiger partial charge in [-0.3, -0.25) is 0 Å². The Morgan fingerprint density at radius 3 is 1.24 bits per heavy atom. The van der Waals surface area contributed by atoms with Gasteiger partial charge in [-0.2, -0.15) is 0 Å². The van der Waals surface area contributed by atoms with E-state index in [4.69, 9.17) is 4.74 Å². The lowest BCUT2D eigenvalue weighted by molar-refractivity contribution is -0.0580. The molecule has 0 rings (SSSR count). The summed E-state index contributed by atoms with van der Waals surface area (Å²) in [5.41, 5.74) is 0.799. The Bertz CT molecular complexity index is 229. The third kappa shape index (κ3) is 9.55. The van der Waals surface area contributed by atoms with Crippen LogP contribution >= 0.6 is 0 Å². The summed E-state index contributed by atoms with van der Waals surface area (Å²) in [5.74, 6) is 0. The van der Waals surface area contributed by atoms with E-state index in [9.17, 15) is 0 Å². The molecule has 0 bridgehead atoms. The standard InChI is InChI=1S/C20H42O/c1-9-13-17(15-19(5,6)11-3)21-18(14-10-2)16-20(7,8)12-4/h17-18H,9-16H2,1-8H3. The van der Waals surface area contributed by atoms with E-state index in [1.54, 1.807) is 0 Å². The maximum Gasteiger partial charge on any atom is 0.0583 e. The van der Waals surface area contributed by atoms with Gasteiger partial charge in [-0.05, 0) is 36.5 Å². The first-order valence-electron chi connectivity index (χ1n) is 9.35. The summed E-state index contributed by atoms with van der Waals surface area (Å²) in [4.78, 5) is 0. The molecule has 0 radical (unpaired) electrons. The minimum atomic E-state index is 0.400. The van der Waals surface area contributed by atoms with Crippen LogP contribution < -0.4 is 0 Å². The first kappa shape index (κ1) is 21.0. The predicted molar refractivity (Wildman–Crippen MR) is 95.9 cm³/mol. The fourth-order valence-corrected chi connectivity index (χ4v) is 2.87.